The lowest BCUT2D eigenvalue weighted by Gasteiger charge is -2.35. The van der Waals surface area contributed by atoms with E-state index in [2.05, 4.69) is 50.4 Å². The van der Waals surface area contributed by atoms with Crippen molar-refractivity contribution < 1.29 is 0 Å². The Morgan fingerprint density at radius 3 is 2.82 bits per heavy atom. The lowest BCUT2D eigenvalue weighted by molar-refractivity contribution is 0.420. The van der Waals surface area contributed by atoms with Crippen LogP contribution in [-0.2, 0) is 0 Å². The molecule has 1 unspecified atom stereocenters. The van der Waals surface area contributed by atoms with Crippen LogP contribution in [0.2, 0.25) is 0 Å². The van der Waals surface area contributed by atoms with E-state index in [1.807, 2.05) is 0 Å². The van der Waals surface area contributed by atoms with Crippen LogP contribution in [-0.4, -0.2) is 25.2 Å². The molecule has 1 saturated heterocycles. The number of rotatable bonds is 3. The summed E-state index contributed by atoms with van der Waals surface area (Å²) in [6, 6.07) is 10.2. The van der Waals surface area contributed by atoms with E-state index in [1.54, 1.807) is 0 Å². The maximum atomic E-state index is 3.75. The molecule has 0 amide bonds. The Hall–Kier alpha value is -0.540. The van der Waals surface area contributed by atoms with Crippen molar-refractivity contribution in [2.24, 2.45) is 0 Å². The van der Waals surface area contributed by atoms with E-state index >= 15 is 0 Å². The van der Waals surface area contributed by atoms with Crippen LogP contribution in [0, 0.1) is 0 Å². The highest BCUT2D eigenvalue weighted by atomic mass is 79.9. The number of anilines is 1. The first-order chi connectivity index (χ1) is 8.31. The van der Waals surface area contributed by atoms with Crippen LogP contribution < -0.4 is 10.2 Å². The summed E-state index contributed by atoms with van der Waals surface area (Å²) >= 11 is 3.55. The van der Waals surface area contributed by atoms with Crippen molar-refractivity contribution in [1.29, 1.82) is 0 Å². The second-order valence-corrected chi connectivity index (χ2v) is 6.12. The molecule has 1 saturated carbocycles. The summed E-state index contributed by atoms with van der Waals surface area (Å²) < 4.78 is 1.17. The van der Waals surface area contributed by atoms with Crippen molar-refractivity contribution in [2.75, 3.05) is 18.0 Å². The van der Waals surface area contributed by atoms with Crippen molar-refractivity contribution in [3.63, 3.8) is 0 Å². The molecule has 17 heavy (non-hydrogen) atoms. The minimum absolute atomic E-state index is 0.690. The third kappa shape index (κ3) is 3.02. The highest BCUT2D eigenvalue weighted by molar-refractivity contribution is 9.10. The fourth-order valence-corrected chi connectivity index (χ4v) is 2.99. The van der Waals surface area contributed by atoms with Gasteiger partial charge < -0.3 is 10.2 Å². The zero-order valence-corrected chi connectivity index (χ0v) is 11.6. The second-order valence-electron chi connectivity index (χ2n) is 5.21. The minimum Gasteiger partial charge on any atom is -0.370 e. The Bertz CT molecular complexity index is 390. The molecule has 1 atom stereocenters. The maximum absolute atomic E-state index is 3.75. The Labute approximate surface area is 112 Å². The normalized spacial score (nSPS) is 25.0. The molecule has 1 N–H and O–H groups in total. The third-order valence-electron chi connectivity index (χ3n) is 3.64. The van der Waals surface area contributed by atoms with Crippen LogP contribution in [0.1, 0.15) is 25.7 Å². The molecule has 0 spiro atoms. The highest BCUT2D eigenvalue weighted by Gasteiger charge is 2.27. The molecule has 0 bridgehead atoms. The smallest absolute Gasteiger partial charge is 0.0378 e. The Morgan fingerprint density at radius 1 is 1.18 bits per heavy atom. The van der Waals surface area contributed by atoms with E-state index in [0.29, 0.717) is 6.04 Å². The summed E-state index contributed by atoms with van der Waals surface area (Å²) in [6.07, 6.45) is 5.40. The SMILES string of the molecule is Brc1cccc(N2CCCC(NC3CC3)C2)c1. The van der Waals surface area contributed by atoms with Crippen LogP contribution in [0.5, 0.6) is 0 Å². The molecule has 0 radical (unpaired) electrons. The average Bonchev–Trinajstić information content (AvgIpc) is 3.13. The van der Waals surface area contributed by atoms with Gasteiger partial charge in [-0.2, -0.15) is 0 Å². The number of piperidine rings is 1. The van der Waals surface area contributed by atoms with E-state index in [0.717, 1.165) is 12.6 Å². The van der Waals surface area contributed by atoms with Gasteiger partial charge in [0.15, 0.2) is 0 Å². The van der Waals surface area contributed by atoms with E-state index in [1.165, 1.54) is 42.4 Å². The number of hydrogen-bond acceptors (Lipinski definition) is 2. The van der Waals surface area contributed by atoms with Gasteiger partial charge in [-0.25, -0.2) is 0 Å². The first kappa shape index (κ1) is 11.5. The van der Waals surface area contributed by atoms with Crippen LogP contribution in [0.25, 0.3) is 0 Å². The zero-order valence-electron chi connectivity index (χ0n) is 10.0. The third-order valence-corrected chi connectivity index (χ3v) is 4.14. The standard InChI is InChI=1S/C14H19BrN2/c15-11-3-1-5-14(9-11)17-8-2-4-13(10-17)16-12-6-7-12/h1,3,5,9,12-13,16H,2,4,6-8,10H2. The molecule has 1 heterocycles. The number of nitrogens with one attached hydrogen (secondary N) is 1. The van der Waals surface area contributed by atoms with E-state index < -0.39 is 0 Å². The Morgan fingerprint density at radius 2 is 2.06 bits per heavy atom. The molecule has 1 aromatic rings. The fourth-order valence-electron chi connectivity index (χ4n) is 2.60. The molecule has 0 aromatic heterocycles. The fraction of sp³-hybridized carbons (Fsp3) is 0.571. The second kappa shape index (κ2) is 4.99. The van der Waals surface area contributed by atoms with E-state index in [4.69, 9.17) is 0 Å². The van der Waals surface area contributed by atoms with Crippen LogP contribution in [0.3, 0.4) is 0 Å². The topological polar surface area (TPSA) is 15.3 Å². The molecular weight excluding hydrogens is 276 g/mol. The maximum Gasteiger partial charge on any atom is 0.0378 e. The molecule has 2 fully saturated rings. The van der Waals surface area contributed by atoms with Gasteiger partial charge in [0.25, 0.3) is 0 Å². The van der Waals surface area contributed by atoms with Gasteiger partial charge >= 0.3 is 0 Å². The van der Waals surface area contributed by atoms with Gasteiger partial charge in [-0.1, -0.05) is 22.0 Å². The summed E-state index contributed by atoms with van der Waals surface area (Å²) in [5.74, 6) is 0. The van der Waals surface area contributed by atoms with Crippen molar-refractivity contribution in [1.82, 2.24) is 5.32 Å². The van der Waals surface area contributed by atoms with Crippen LogP contribution >= 0.6 is 15.9 Å². The number of halogens is 1. The molecule has 1 aliphatic carbocycles. The summed E-state index contributed by atoms with van der Waals surface area (Å²) in [4.78, 5) is 2.51. The lowest BCUT2D eigenvalue weighted by atomic mass is 10.0. The predicted octanol–water partition coefficient (Wildman–Crippen LogP) is 3.17. The van der Waals surface area contributed by atoms with Crippen LogP contribution in [0.4, 0.5) is 5.69 Å². The first-order valence-electron chi connectivity index (χ1n) is 6.58. The van der Waals surface area contributed by atoms with E-state index in [9.17, 15) is 0 Å². The van der Waals surface area contributed by atoms with Crippen molar-refractivity contribution in [2.45, 2.75) is 37.8 Å². The van der Waals surface area contributed by atoms with Gasteiger partial charge in [0, 0.05) is 35.3 Å². The highest BCUT2D eigenvalue weighted by Crippen LogP contribution is 2.25. The van der Waals surface area contributed by atoms with Crippen LogP contribution in [0.15, 0.2) is 28.7 Å². The zero-order chi connectivity index (χ0) is 11.7. The lowest BCUT2D eigenvalue weighted by Crippen LogP contribution is -2.46. The average molecular weight is 295 g/mol. The molecule has 92 valence electrons. The Kier molecular flexibility index (Phi) is 3.39. The van der Waals surface area contributed by atoms with Gasteiger partial charge in [0.2, 0.25) is 0 Å². The molecule has 3 heteroatoms. The summed E-state index contributed by atoms with van der Waals surface area (Å²) in [7, 11) is 0. The molecular formula is C14H19BrN2. The molecule has 1 aromatic carbocycles. The largest absolute Gasteiger partial charge is 0.370 e. The van der Waals surface area contributed by atoms with Crippen molar-refractivity contribution >= 4 is 21.6 Å². The molecule has 1 aliphatic heterocycles. The number of nitrogens with zero attached hydrogens (tertiary/aromatic N) is 1. The van der Waals surface area contributed by atoms with Gasteiger partial charge in [-0.15, -0.1) is 0 Å². The Balaban J connectivity index is 1.65. The minimum atomic E-state index is 0.690. The monoisotopic (exact) mass is 294 g/mol. The predicted molar refractivity (Wildman–Crippen MR) is 75.5 cm³/mol. The summed E-state index contributed by atoms with van der Waals surface area (Å²) in [6.45, 7) is 2.35. The first-order valence-corrected chi connectivity index (χ1v) is 7.37. The number of benzene rings is 1. The molecule has 3 rings (SSSR count). The van der Waals surface area contributed by atoms with Gasteiger partial charge in [0.1, 0.15) is 0 Å². The van der Waals surface area contributed by atoms with E-state index in [-0.39, 0.29) is 0 Å². The van der Waals surface area contributed by atoms with Gasteiger partial charge in [0.05, 0.1) is 0 Å². The molecule has 2 nitrogen and oxygen atoms in total. The summed E-state index contributed by atoms with van der Waals surface area (Å²) in [5, 5.41) is 3.75. The van der Waals surface area contributed by atoms with Gasteiger partial charge in [-0.3, -0.25) is 0 Å². The van der Waals surface area contributed by atoms with Crippen molar-refractivity contribution in [3.8, 4) is 0 Å². The van der Waals surface area contributed by atoms with Crippen molar-refractivity contribution in [3.05, 3.63) is 28.7 Å². The number of hydrogen-bond donors (Lipinski definition) is 1. The summed E-state index contributed by atoms with van der Waals surface area (Å²) in [5.41, 5.74) is 1.35. The quantitative estimate of drug-likeness (QED) is 0.921. The molecule has 2 aliphatic rings. The van der Waals surface area contributed by atoms with Gasteiger partial charge in [-0.05, 0) is 43.9 Å².